The zero-order valence-corrected chi connectivity index (χ0v) is 13.8. The second-order valence-electron chi connectivity index (χ2n) is 5.34. The molecular weight excluding hydrogens is 333 g/mol. The number of halogens is 2. The highest BCUT2D eigenvalue weighted by atomic mass is 35.5. The topological polar surface area (TPSA) is 63.7 Å². The molecule has 1 fully saturated rings. The Morgan fingerprint density at radius 3 is 2.73 bits per heavy atom. The second-order valence-corrected chi connectivity index (χ2v) is 7.98. The zero-order chi connectivity index (χ0) is 16.5. The molecule has 1 aromatic rings. The lowest BCUT2D eigenvalue weighted by atomic mass is 10.2. The first kappa shape index (κ1) is 17.0. The number of hydrogen-bond donors (Lipinski definition) is 0. The van der Waals surface area contributed by atoms with Crippen molar-refractivity contribution in [3.05, 3.63) is 29.0 Å². The van der Waals surface area contributed by atoms with Crippen LogP contribution in [0.2, 0.25) is 5.02 Å². The maximum atomic E-state index is 13.0. The zero-order valence-electron chi connectivity index (χ0n) is 12.3. The van der Waals surface area contributed by atoms with Crippen molar-refractivity contribution in [2.45, 2.75) is 25.5 Å². The van der Waals surface area contributed by atoms with Gasteiger partial charge in [-0.25, -0.2) is 12.8 Å². The third kappa shape index (κ3) is 3.89. The normalized spacial score (nSPS) is 21.4. The SMILES string of the molecule is C[C@H](Oc1ccc(F)cc1Cl)C(=O)N(C)[C@@H]1CCS(=O)(=O)C1. The first-order valence-corrected chi connectivity index (χ1v) is 8.98. The standard InChI is InChI=1S/C14H17ClFNO4S/c1-9(21-13-4-3-10(16)7-12(13)15)14(18)17(2)11-5-6-22(19,20)8-11/h3-4,7,9,11H,5-6,8H2,1-2H3/t9-,11+/m0/s1. The lowest BCUT2D eigenvalue weighted by Gasteiger charge is -2.27. The van der Waals surface area contributed by atoms with Gasteiger partial charge in [-0.1, -0.05) is 11.6 Å². The first-order chi connectivity index (χ1) is 10.2. The van der Waals surface area contributed by atoms with E-state index in [0.29, 0.717) is 6.42 Å². The van der Waals surface area contributed by atoms with Crippen LogP contribution in [0, 0.1) is 5.82 Å². The van der Waals surface area contributed by atoms with Gasteiger partial charge in [-0.2, -0.15) is 0 Å². The van der Waals surface area contributed by atoms with E-state index in [4.69, 9.17) is 16.3 Å². The van der Waals surface area contributed by atoms with Gasteiger partial charge in [-0.15, -0.1) is 0 Å². The van der Waals surface area contributed by atoms with Crippen molar-refractivity contribution in [1.82, 2.24) is 4.90 Å². The fourth-order valence-corrected chi connectivity index (χ4v) is 4.35. The summed E-state index contributed by atoms with van der Waals surface area (Å²) in [5.41, 5.74) is 0. The predicted octanol–water partition coefficient (Wildman–Crippen LogP) is 1.89. The molecule has 0 N–H and O–H groups in total. The summed E-state index contributed by atoms with van der Waals surface area (Å²) in [4.78, 5) is 13.7. The summed E-state index contributed by atoms with van der Waals surface area (Å²) < 4.78 is 41.4. The Labute approximate surface area is 133 Å². The van der Waals surface area contributed by atoms with Crippen LogP contribution in [0.15, 0.2) is 18.2 Å². The Bertz CT molecular complexity index is 679. The molecule has 2 atom stereocenters. The molecule has 1 aliphatic heterocycles. The number of benzene rings is 1. The van der Waals surface area contributed by atoms with Crippen LogP contribution in [0.5, 0.6) is 5.75 Å². The number of amides is 1. The molecule has 0 unspecified atom stereocenters. The summed E-state index contributed by atoms with van der Waals surface area (Å²) >= 11 is 5.85. The Morgan fingerprint density at radius 2 is 2.18 bits per heavy atom. The Balaban J connectivity index is 2.02. The minimum atomic E-state index is -3.07. The molecule has 0 aromatic heterocycles. The van der Waals surface area contributed by atoms with Crippen molar-refractivity contribution in [3.63, 3.8) is 0 Å². The van der Waals surface area contributed by atoms with Crippen molar-refractivity contribution >= 4 is 27.3 Å². The molecule has 0 saturated carbocycles. The Morgan fingerprint density at radius 1 is 1.50 bits per heavy atom. The summed E-state index contributed by atoms with van der Waals surface area (Å²) in [7, 11) is -1.51. The lowest BCUT2D eigenvalue weighted by molar-refractivity contribution is -0.138. The number of carbonyl (C=O) groups excluding carboxylic acids is 1. The predicted molar refractivity (Wildman–Crippen MR) is 81.3 cm³/mol. The average molecular weight is 350 g/mol. The van der Waals surface area contributed by atoms with Crippen LogP contribution in [-0.4, -0.2) is 49.9 Å². The molecule has 1 amide bonds. The van der Waals surface area contributed by atoms with E-state index in [1.54, 1.807) is 14.0 Å². The summed E-state index contributed by atoms with van der Waals surface area (Å²) in [6.07, 6.45) is -0.425. The molecule has 0 bridgehead atoms. The Hall–Kier alpha value is -1.34. The van der Waals surface area contributed by atoms with Gasteiger partial charge in [0.25, 0.3) is 5.91 Å². The number of hydrogen-bond acceptors (Lipinski definition) is 4. The highest BCUT2D eigenvalue weighted by Crippen LogP contribution is 2.26. The molecular formula is C14H17ClFNO4S. The quantitative estimate of drug-likeness (QED) is 0.832. The van der Waals surface area contributed by atoms with E-state index in [0.717, 1.165) is 6.07 Å². The van der Waals surface area contributed by atoms with Crippen LogP contribution >= 0.6 is 11.6 Å². The van der Waals surface area contributed by atoms with Gasteiger partial charge in [0.2, 0.25) is 0 Å². The molecule has 22 heavy (non-hydrogen) atoms. The van der Waals surface area contributed by atoms with E-state index in [9.17, 15) is 17.6 Å². The van der Waals surface area contributed by atoms with Crippen molar-refractivity contribution in [1.29, 1.82) is 0 Å². The van der Waals surface area contributed by atoms with Crippen LogP contribution in [0.1, 0.15) is 13.3 Å². The fourth-order valence-electron chi connectivity index (χ4n) is 2.36. The number of ether oxygens (including phenoxy) is 1. The van der Waals surface area contributed by atoms with E-state index in [1.165, 1.54) is 17.0 Å². The summed E-state index contributed by atoms with van der Waals surface area (Å²) in [5, 5.41) is 0.0748. The van der Waals surface area contributed by atoms with Crippen LogP contribution in [0.3, 0.4) is 0 Å². The largest absolute Gasteiger partial charge is 0.479 e. The van der Waals surface area contributed by atoms with Crippen LogP contribution in [0.25, 0.3) is 0 Å². The van der Waals surface area contributed by atoms with Gasteiger partial charge in [-0.3, -0.25) is 4.79 Å². The minimum Gasteiger partial charge on any atom is -0.479 e. The minimum absolute atomic E-state index is 0.0285. The fraction of sp³-hybridized carbons (Fsp3) is 0.500. The van der Waals surface area contributed by atoms with E-state index < -0.39 is 21.8 Å². The molecule has 0 spiro atoms. The number of likely N-dealkylation sites (N-methyl/N-ethyl adjacent to an activating group) is 1. The molecule has 0 radical (unpaired) electrons. The van der Waals surface area contributed by atoms with Gasteiger partial charge in [0.15, 0.2) is 15.9 Å². The van der Waals surface area contributed by atoms with Crippen molar-refractivity contribution in [2.75, 3.05) is 18.6 Å². The number of carbonyl (C=O) groups is 1. The summed E-state index contributed by atoms with van der Waals surface area (Å²) in [6, 6.07) is 3.29. The molecule has 122 valence electrons. The molecule has 1 aromatic carbocycles. The van der Waals surface area contributed by atoms with Gasteiger partial charge >= 0.3 is 0 Å². The number of rotatable bonds is 4. The van der Waals surface area contributed by atoms with E-state index in [1.807, 2.05) is 0 Å². The van der Waals surface area contributed by atoms with Gasteiger partial charge in [0.05, 0.1) is 16.5 Å². The maximum absolute atomic E-state index is 13.0. The summed E-state index contributed by atoms with van der Waals surface area (Å²) in [6.45, 7) is 1.54. The monoisotopic (exact) mass is 349 g/mol. The van der Waals surface area contributed by atoms with E-state index in [2.05, 4.69) is 0 Å². The molecule has 8 heteroatoms. The third-order valence-corrected chi connectivity index (χ3v) is 5.69. The molecule has 1 saturated heterocycles. The number of sulfone groups is 1. The lowest BCUT2D eigenvalue weighted by Crippen LogP contribution is -2.44. The third-order valence-electron chi connectivity index (χ3n) is 3.65. The van der Waals surface area contributed by atoms with Gasteiger partial charge in [0, 0.05) is 13.1 Å². The molecule has 5 nitrogen and oxygen atoms in total. The highest BCUT2D eigenvalue weighted by molar-refractivity contribution is 7.91. The summed E-state index contributed by atoms with van der Waals surface area (Å²) in [5.74, 6) is -0.573. The Kier molecular flexibility index (Phi) is 4.97. The maximum Gasteiger partial charge on any atom is 0.263 e. The number of nitrogens with zero attached hydrogens (tertiary/aromatic N) is 1. The van der Waals surface area contributed by atoms with E-state index in [-0.39, 0.29) is 34.2 Å². The van der Waals surface area contributed by atoms with Crippen LogP contribution in [0.4, 0.5) is 4.39 Å². The van der Waals surface area contributed by atoms with Crippen molar-refractivity contribution in [2.24, 2.45) is 0 Å². The van der Waals surface area contributed by atoms with Crippen molar-refractivity contribution in [3.8, 4) is 5.75 Å². The average Bonchev–Trinajstić information content (AvgIpc) is 2.80. The molecule has 0 aliphatic carbocycles. The van der Waals surface area contributed by atoms with Gasteiger partial charge in [-0.05, 0) is 31.5 Å². The molecule has 1 aliphatic rings. The van der Waals surface area contributed by atoms with Crippen LogP contribution in [-0.2, 0) is 14.6 Å². The molecule has 1 heterocycles. The smallest absolute Gasteiger partial charge is 0.263 e. The van der Waals surface area contributed by atoms with Crippen LogP contribution < -0.4 is 4.74 Å². The van der Waals surface area contributed by atoms with Crippen molar-refractivity contribution < 1.29 is 22.3 Å². The van der Waals surface area contributed by atoms with Gasteiger partial charge < -0.3 is 9.64 Å². The second kappa shape index (κ2) is 6.42. The first-order valence-electron chi connectivity index (χ1n) is 6.78. The molecule has 2 rings (SSSR count). The van der Waals surface area contributed by atoms with Gasteiger partial charge in [0.1, 0.15) is 11.6 Å². The highest BCUT2D eigenvalue weighted by Gasteiger charge is 2.34. The van der Waals surface area contributed by atoms with E-state index >= 15 is 0 Å².